The van der Waals surface area contributed by atoms with E-state index in [-0.39, 0.29) is 18.0 Å². The number of esters is 1. The van der Waals surface area contributed by atoms with Gasteiger partial charge in [-0.3, -0.25) is 9.59 Å². The van der Waals surface area contributed by atoms with Crippen LogP contribution in [0.25, 0.3) is 11.0 Å². The molecule has 3 aromatic rings. The maximum Gasteiger partial charge on any atom is 0.323 e. The number of nitrogens with one attached hydrogen (secondary N) is 3. The summed E-state index contributed by atoms with van der Waals surface area (Å²) in [6, 6.07) is 12.8. The molecule has 2 aromatic carbocycles. The zero-order chi connectivity index (χ0) is 18.5. The molecule has 0 saturated heterocycles. The number of imidazole rings is 1. The lowest BCUT2D eigenvalue weighted by Gasteiger charge is -2.07. The molecule has 0 atom stereocenters. The van der Waals surface area contributed by atoms with Crippen molar-refractivity contribution in [1.82, 2.24) is 9.97 Å². The van der Waals surface area contributed by atoms with Crippen LogP contribution in [-0.4, -0.2) is 34.2 Å². The molecule has 0 aliphatic heterocycles. The maximum absolute atomic E-state index is 11.9. The Kier molecular flexibility index (Phi) is 5.43. The molecule has 8 heteroatoms. The first-order valence-corrected chi connectivity index (χ1v) is 8.85. The summed E-state index contributed by atoms with van der Waals surface area (Å²) in [5, 5.41) is 2.62. The van der Waals surface area contributed by atoms with Gasteiger partial charge in [0.2, 0.25) is 0 Å². The Morgan fingerprint density at radius 2 is 1.81 bits per heavy atom. The minimum absolute atomic E-state index is 0.132. The standard InChI is InChI=1S/C18H17N3O4S/c1-11-2-5-13(6-3-11)26-10-17(23)25-9-16(22)19-12-4-7-14-15(8-12)21-18(24)20-14/h2-8H,9-10H2,1H3,(H,19,22)(H2,20,21,24). The van der Waals surface area contributed by atoms with Gasteiger partial charge in [0, 0.05) is 10.6 Å². The van der Waals surface area contributed by atoms with Gasteiger partial charge in [-0.15, -0.1) is 11.8 Å². The summed E-state index contributed by atoms with van der Waals surface area (Å²) in [5.41, 5.74) is 2.56. The highest BCUT2D eigenvalue weighted by Gasteiger charge is 2.09. The average Bonchev–Trinajstić information content (AvgIpc) is 2.99. The molecule has 0 aliphatic carbocycles. The number of benzene rings is 2. The van der Waals surface area contributed by atoms with Crippen molar-refractivity contribution >= 4 is 40.4 Å². The number of aryl methyl sites for hydroxylation is 1. The van der Waals surface area contributed by atoms with E-state index >= 15 is 0 Å². The molecule has 7 nitrogen and oxygen atoms in total. The number of thioether (sulfide) groups is 1. The molecule has 0 spiro atoms. The fourth-order valence-corrected chi connectivity index (χ4v) is 2.97. The summed E-state index contributed by atoms with van der Waals surface area (Å²) in [5.74, 6) is -0.778. The zero-order valence-corrected chi connectivity index (χ0v) is 14.8. The molecule has 26 heavy (non-hydrogen) atoms. The summed E-state index contributed by atoms with van der Waals surface area (Å²) in [7, 11) is 0. The minimum atomic E-state index is -0.462. The molecule has 1 amide bonds. The Morgan fingerprint density at radius 1 is 1.08 bits per heavy atom. The third kappa shape index (κ3) is 4.76. The van der Waals surface area contributed by atoms with Gasteiger partial charge in [-0.1, -0.05) is 17.7 Å². The highest BCUT2D eigenvalue weighted by molar-refractivity contribution is 8.00. The fraction of sp³-hybridized carbons (Fsp3) is 0.167. The zero-order valence-electron chi connectivity index (χ0n) is 14.0. The number of hydrogen-bond acceptors (Lipinski definition) is 5. The van der Waals surface area contributed by atoms with Crippen LogP contribution in [0.3, 0.4) is 0 Å². The average molecular weight is 371 g/mol. The first kappa shape index (κ1) is 17.8. The van der Waals surface area contributed by atoms with Crippen molar-refractivity contribution < 1.29 is 14.3 Å². The predicted molar refractivity (Wildman–Crippen MR) is 100 cm³/mol. The van der Waals surface area contributed by atoms with Crippen molar-refractivity contribution in [2.75, 3.05) is 17.7 Å². The topological polar surface area (TPSA) is 104 Å². The largest absolute Gasteiger partial charge is 0.455 e. The molecule has 1 heterocycles. The van der Waals surface area contributed by atoms with Gasteiger partial charge in [0.1, 0.15) is 0 Å². The molecule has 0 saturated carbocycles. The monoisotopic (exact) mass is 371 g/mol. The van der Waals surface area contributed by atoms with E-state index in [9.17, 15) is 14.4 Å². The number of hydrogen-bond donors (Lipinski definition) is 3. The van der Waals surface area contributed by atoms with Gasteiger partial charge in [-0.05, 0) is 37.3 Å². The normalized spacial score (nSPS) is 10.7. The van der Waals surface area contributed by atoms with Gasteiger partial charge in [0.25, 0.3) is 5.91 Å². The van der Waals surface area contributed by atoms with E-state index in [1.807, 2.05) is 31.2 Å². The molecular weight excluding hydrogens is 354 g/mol. The molecule has 3 rings (SSSR count). The maximum atomic E-state index is 11.9. The summed E-state index contributed by atoms with van der Waals surface area (Å²) >= 11 is 1.35. The van der Waals surface area contributed by atoms with Crippen LogP contribution < -0.4 is 11.0 Å². The van der Waals surface area contributed by atoms with E-state index in [1.165, 1.54) is 11.8 Å². The van der Waals surface area contributed by atoms with Crippen molar-refractivity contribution in [2.45, 2.75) is 11.8 Å². The third-order valence-corrected chi connectivity index (χ3v) is 4.53. The highest BCUT2D eigenvalue weighted by Crippen LogP contribution is 2.18. The van der Waals surface area contributed by atoms with Crippen molar-refractivity contribution in [2.24, 2.45) is 0 Å². The van der Waals surface area contributed by atoms with Gasteiger partial charge < -0.3 is 20.0 Å². The van der Waals surface area contributed by atoms with Gasteiger partial charge in [-0.2, -0.15) is 0 Å². The molecule has 3 N–H and O–H groups in total. The summed E-state index contributed by atoms with van der Waals surface area (Å²) < 4.78 is 4.98. The van der Waals surface area contributed by atoms with Crippen molar-refractivity contribution in [3.8, 4) is 0 Å². The Morgan fingerprint density at radius 3 is 2.58 bits per heavy atom. The Labute approximate surface area is 153 Å². The summed E-state index contributed by atoms with van der Waals surface area (Å²) in [6.45, 7) is 1.63. The second-order valence-corrected chi connectivity index (χ2v) is 6.70. The van der Waals surface area contributed by atoms with Crippen LogP contribution in [0.2, 0.25) is 0 Å². The fourth-order valence-electron chi connectivity index (χ4n) is 2.27. The molecule has 0 aliphatic rings. The summed E-state index contributed by atoms with van der Waals surface area (Å²) in [4.78, 5) is 41.1. The van der Waals surface area contributed by atoms with Crippen LogP contribution in [0.5, 0.6) is 0 Å². The number of H-pyrrole nitrogens is 2. The Bertz CT molecular complexity index is 992. The van der Waals surface area contributed by atoms with E-state index in [0.29, 0.717) is 16.7 Å². The number of amides is 1. The molecule has 1 aromatic heterocycles. The van der Waals surface area contributed by atoms with Gasteiger partial charge in [0.05, 0.1) is 16.8 Å². The van der Waals surface area contributed by atoms with Gasteiger partial charge in [-0.25, -0.2) is 4.79 Å². The molecule has 0 radical (unpaired) electrons. The number of fused-ring (bicyclic) bond motifs is 1. The lowest BCUT2D eigenvalue weighted by Crippen LogP contribution is -2.21. The second kappa shape index (κ2) is 7.92. The number of carbonyl (C=O) groups excluding carboxylic acids is 2. The van der Waals surface area contributed by atoms with Gasteiger partial charge >= 0.3 is 11.7 Å². The third-order valence-electron chi connectivity index (χ3n) is 3.54. The first-order valence-electron chi connectivity index (χ1n) is 7.86. The van der Waals surface area contributed by atoms with Crippen LogP contribution >= 0.6 is 11.8 Å². The van der Waals surface area contributed by atoms with E-state index in [2.05, 4.69) is 15.3 Å². The number of carbonyl (C=O) groups is 2. The number of aromatic amines is 2. The van der Waals surface area contributed by atoms with Crippen LogP contribution in [0.1, 0.15) is 5.56 Å². The Balaban J connectivity index is 1.45. The van der Waals surface area contributed by atoms with Crippen LogP contribution in [0.4, 0.5) is 5.69 Å². The van der Waals surface area contributed by atoms with E-state index in [1.54, 1.807) is 18.2 Å². The summed E-state index contributed by atoms with van der Waals surface area (Å²) in [6.07, 6.45) is 0. The minimum Gasteiger partial charge on any atom is -0.455 e. The number of rotatable bonds is 6. The molecular formula is C18H17N3O4S. The van der Waals surface area contributed by atoms with Crippen LogP contribution in [0, 0.1) is 6.92 Å². The van der Waals surface area contributed by atoms with E-state index in [4.69, 9.17) is 4.74 Å². The van der Waals surface area contributed by atoms with Gasteiger partial charge in [0.15, 0.2) is 6.61 Å². The first-order chi connectivity index (χ1) is 12.5. The Hall–Kier alpha value is -3.00. The molecule has 134 valence electrons. The quantitative estimate of drug-likeness (QED) is 0.456. The highest BCUT2D eigenvalue weighted by atomic mass is 32.2. The predicted octanol–water partition coefficient (Wildman–Crippen LogP) is 2.44. The smallest absolute Gasteiger partial charge is 0.323 e. The lowest BCUT2D eigenvalue weighted by molar-refractivity contribution is -0.144. The number of anilines is 1. The van der Waals surface area contributed by atoms with E-state index < -0.39 is 11.9 Å². The van der Waals surface area contributed by atoms with E-state index in [0.717, 1.165) is 10.5 Å². The van der Waals surface area contributed by atoms with Crippen LogP contribution in [0.15, 0.2) is 52.2 Å². The number of aromatic nitrogens is 2. The second-order valence-electron chi connectivity index (χ2n) is 5.65. The molecule has 0 bridgehead atoms. The number of ether oxygens (including phenoxy) is 1. The van der Waals surface area contributed by atoms with Crippen molar-refractivity contribution in [3.05, 3.63) is 58.5 Å². The van der Waals surface area contributed by atoms with Crippen molar-refractivity contribution in [1.29, 1.82) is 0 Å². The lowest BCUT2D eigenvalue weighted by atomic mass is 10.2. The van der Waals surface area contributed by atoms with Crippen LogP contribution in [-0.2, 0) is 14.3 Å². The SMILES string of the molecule is Cc1ccc(SCC(=O)OCC(=O)Nc2ccc3[nH]c(=O)[nH]c3c2)cc1. The molecule has 0 unspecified atom stereocenters. The van der Waals surface area contributed by atoms with Crippen molar-refractivity contribution in [3.63, 3.8) is 0 Å². The molecule has 0 fully saturated rings.